The first kappa shape index (κ1) is 22.2. The molecule has 0 saturated heterocycles. The number of hydrogen-bond acceptors (Lipinski definition) is 3. The van der Waals surface area contributed by atoms with E-state index < -0.39 is 6.17 Å². The molecule has 0 bridgehead atoms. The molecule has 4 heteroatoms. The van der Waals surface area contributed by atoms with Gasteiger partial charge in [-0.2, -0.15) is 0 Å². The summed E-state index contributed by atoms with van der Waals surface area (Å²) in [6.45, 7) is 5.14. The van der Waals surface area contributed by atoms with Crippen LogP contribution in [-0.2, 0) is 0 Å². The Hall–Kier alpha value is -2.10. The summed E-state index contributed by atoms with van der Waals surface area (Å²) in [5.74, 6) is 1.49. The molecule has 1 aromatic carbocycles. The topological polar surface area (TPSA) is 31.4 Å². The van der Waals surface area contributed by atoms with Crippen molar-refractivity contribution in [1.29, 1.82) is 0 Å². The third-order valence-electron chi connectivity index (χ3n) is 4.70. The van der Waals surface area contributed by atoms with E-state index >= 15 is 0 Å². The number of rotatable bonds is 14. The van der Waals surface area contributed by atoms with Gasteiger partial charge in [-0.25, -0.2) is 4.39 Å². The van der Waals surface area contributed by atoms with Crippen LogP contribution in [0.3, 0.4) is 0 Å². The maximum atomic E-state index is 13.7. The minimum absolute atomic E-state index is 0.0888. The summed E-state index contributed by atoms with van der Waals surface area (Å²) >= 11 is 0. The molecule has 1 unspecified atom stereocenters. The number of nitrogens with zero attached hydrogens (tertiary/aromatic N) is 1. The summed E-state index contributed by atoms with van der Waals surface area (Å²) < 4.78 is 25.0. The molecule has 0 aliphatic heterocycles. The van der Waals surface area contributed by atoms with Gasteiger partial charge in [-0.15, -0.1) is 0 Å². The highest BCUT2D eigenvalue weighted by atomic mass is 19.1. The molecule has 0 aliphatic carbocycles. The van der Waals surface area contributed by atoms with Gasteiger partial charge in [-0.05, 0) is 49.2 Å². The molecule has 0 aliphatic rings. The Morgan fingerprint density at radius 2 is 1.54 bits per heavy atom. The summed E-state index contributed by atoms with van der Waals surface area (Å²) in [7, 11) is 0. The fraction of sp³-hybridized carbons (Fsp3) is 0.542. The van der Waals surface area contributed by atoms with Crippen LogP contribution in [0.1, 0.15) is 65.2 Å². The monoisotopic (exact) mass is 387 g/mol. The standard InChI is InChI=1S/C24H34FNO2/c1-3-5-7-8-9-17-27-22-13-11-20(12-14-22)24-16-15-23(18-26-24)28-19-21(25)10-6-4-2/h11-16,18,21H,3-10,17,19H2,1-2H3. The van der Waals surface area contributed by atoms with Gasteiger partial charge in [-0.3, -0.25) is 4.98 Å². The van der Waals surface area contributed by atoms with Crippen LogP contribution < -0.4 is 9.47 Å². The Kier molecular flexibility index (Phi) is 10.4. The molecule has 0 N–H and O–H groups in total. The molecule has 154 valence electrons. The zero-order valence-electron chi connectivity index (χ0n) is 17.3. The third kappa shape index (κ3) is 8.28. The molecule has 0 amide bonds. The third-order valence-corrected chi connectivity index (χ3v) is 4.70. The molecular formula is C24H34FNO2. The Morgan fingerprint density at radius 3 is 2.21 bits per heavy atom. The molecule has 0 fully saturated rings. The quantitative estimate of drug-likeness (QED) is 0.327. The van der Waals surface area contributed by atoms with Gasteiger partial charge in [0.2, 0.25) is 0 Å². The molecule has 0 radical (unpaired) electrons. The van der Waals surface area contributed by atoms with Crippen molar-refractivity contribution in [2.75, 3.05) is 13.2 Å². The van der Waals surface area contributed by atoms with E-state index in [0.29, 0.717) is 12.2 Å². The Morgan fingerprint density at radius 1 is 0.821 bits per heavy atom. The maximum absolute atomic E-state index is 13.7. The molecular weight excluding hydrogens is 353 g/mol. The van der Waals surface area contributed by atoms with Crippen LogP contribution in [0, 0.1) is 0 Å². The van der Waals surface area contributed by atoms with Gasteiger partial charge in [-0.1, -0.05) is 52.4 Å². The number of halogens is 1. The second kappa shape index (κ2) is 13.1. The maximum Gasteiger partial charge on any atom is 0.137 e. The van der Waals surface area contributed by atoms with E-state index in [1.54, 1.807) is 6.20 Å². The molecule has 0 spiro atoms. The van der Waals surface area contributed by atoms with Gasteiger partial charge >= 0.3 is 0 Å². The first-order chi connectivity index (χ1) is 13.7. The smallest absolute Gasteiger partial charge is 0.137 e. The first-order valence-electron chi connectivity index (χ1n) is 10.7. The summed E-state index contributed by atoms with van der Waals surface area (Å²) in [4.78, 5) is 4.43. The molecule has 2 aromatic rings. The number of aromatic nitrogens is 1. The number of unbranched alkanes of at least 4 members (excludes halogenated alkanes) is 5. The predicted octanol–water partition coefficient (Wildman–Crippen LogP) is 7.00. The van der Waals surface area contributed by atoms with Crippen LogP contribution in [0.4, 0.5) is 4.39 Å². The Balaban J connectivity index is 1.77. The summed E-state index contributed by atoms with van der Waals surface area (Å²) in [6, 6.07) is 11.7. The van der Waals surface area contributed by atoms with E-state index in [9.17, 15) is 4.39 Å². The van der Waals surface area contributed by atoms with Crippen molar-refractivity contribution in [2.24, 2.45) is 0 Å². The van der Waals surface area contributed by atoms with E-state index in [1.807, 2.05) is 36.4 Å². The summed E-state index contributed by atoms with van der Waals surface area (Å²) in [5.41, 5.74) is 1.88. The van der Waals surface area contributed by atoms with Gasteiger partial charge in [0.15, 0.2) is 0 Å². The Bertz CT molecular complexity index is 643. The lowest BCUT2D eigenvalue weighted by molar-refractivity contribution is 0.184. The zero-order valence-corrected chi connectivity index (χ0v) is 17.3. The van der Waals surface area contributed by atoms with Crippen molar-refractivity contribution in [2.45, 2.75) is 71.4 Å². The first-order valence-corrected chi connectivity index (χ1v) is 10.7. The lowest BCUT2D eigenvalue weighted by Crippen LogP contribution is -2.12. The van der Waals surface area contributed by atoms with Crippen molar-refractivity contribution in [3.05, 3.63) is 42.6 Å². The number of alkyl halides is 1. The van der Waals surface area contributed by atoms with Crippen LogP contribution >= 0.6 is 0 Å². The fourth-order valence-corrected chi connectivity index (χ4v) is 2.95. The van der Waals surface area contributed by atoms with Crippen LogP contribution in [0.15, 0.2) is 42.6 Å². The van der Waals surface area contributed by atoms with Crippen LogP contribution in [0.25, 0.3) is 11.3 Å². The minimum atomic E-state index is -0.918. The average Bonchev–Trinajstić information content (AvgIpc) is 2.74. The van der Waals surface area contributed by atoms with Gasteiger partial charge in [0.1, 0.15) is 24.3 Å². The van der Waals surface area contributed by atoms with E-state index in [0.717, 1.165) is 42.9 Å². The number of ether oxygens (including phenoxy) is 2. The van der Waals surface area contributed by atoms with Crippen LogP contribution in [0.2, 0.25) is 0 Å². The normalized spacial score (nSPS) is 12.0. The van der Waals surface area contributed by atoms with E-state index in [1.165, 1.54) is 25.7 Å². The predicted molar refractivity (Wildman–Crippen MR) is 114 cm³/mol. The van der Waals surface area contributed by atoms with Crippen molar-refractivity contribution < 1.29 is 13.9 Å². The van der Waals surface area contributed by atoms with Crippen molar-refractivity contribution in [3.8, 4) is 22.8 Å². The Labute approximate surface area is 169 Å². The van der Waals surface area contributed by atoms with E-state index in [2.05, 4.69) is 18.8 Å². The molecule has 2 rings (SSSR count). The second-order valence-corrected chi connectivity index (χ2v) is 7.22. The highest BCUT2D eigenvalue weighted by molar-refractivity contribution is 5.60. The SMILES string of the molecule is CCCCCCCOc1ccc(-c2ccc(OCC(F)CCCC)cn2)cc1. The van der Waals surface area contributed by atoms with Crippen molar-refractivity contribution in [3.63, 3.8) is 0 Å². The largest absolute Gasteiger partial charge is 0.494 e. The lowest BCUT2D eigenvalue weighted by Gasteiger charge is -2.10. The molecule has 3 nitrogen and oxygen atoms in total. The summed E-state index contributed by atoms with van der Waals surface area (Å²) in [6.07, 6.45) is 9.36. The number of pyridine rings is 1. The molecule has 1 atom stereocenters. The lowest BCUT2D eigenvalue weighted by atomic mass is 10.1. The average molecular weight is 388 g/mol. The van der Waals surface area contributed by atoms with Crippen LogP contribution in [-0.4, -0.2) is 24.4 Å². The molecule has 0 saturated carbocycles. The van der Waals surface area contributed by atoms with Crippen molar-refractivity contribution >= 4 is 0 Å². The summed E-state index contributed by atoms with van der Waals surface area (Å²) in [5, 5.41) is 0. The van der Waals surface area contributed by atoms with Gasteiger partial charge in [0.25, 0.3) is 0 Å². The van der Waals surface area contributed by atoms with E-state index in [4.69, 9.17) is 9.47 Å². The van der Waals surface area contributed by atoms with Crippen molar-refractivity contribution in [1.82, 2.24) is 4.98 Å². The van der Waals surface area contributed by atoms with E-state index in [-0.39, 0.29) is 6.61 Å². The minimum Gasteiger partial charge on any atom is -0.494 e. The highest BCUT2D eigenvalue weighted by Gasteiger charge is 2.07. The van der Waals surface area contributed by atoms with Gasteiger partial charge in [0, 0.05) is 5.56 Å². The highest BCUT2D eigenvalue weighted by Crippen LogP contribution is 2.23. The molecule has 28 heavy (non-hydrogen) atoms. The number of hydrogen-bond donors (Lipinski definition) is 0. The van der Waals surface area contributed by atoms with Gasteiger partial charge < -0.3 is 9.47 Å². The second-order valence-electron chi connectivity index (χ2n) is 7.22. The fourth-order valence-electron chi connectivity index (χ4n) is 2.95. The zero-order chi connectivity index (χ0) is 20.0. The number of benzene rings is 1. The molecule has 1 heterocycles. The molecule has 1 aromatic heterocycles. The van der Waals surface area contributed by atoms with Gasteiger partial charge in [0.05, 0.1) is 18.5 Å². The van der Waals surface area contributed by atoms with Crippen LogP contribution in [0.5, 0.6) is 11.5 Å².